The number of hydrogen-bond donors (Lipinski definition) is 1. The van der Waals surface area contributed by atoms with E-state index < -0.39 is 6.04 Å². The van der Waals surface area contributed by atoms with Crippen LogP contribution in [0.1, 0.15) is 25.3 Å². The van der Waals surface area contributed by atoms with Crippen LogP contribution in [0.5, 0.6) is 0 Å². The molecule has 1 saturated heterocycles. The van der Waals surface area contributed by atoms with Gasteiger partial charge in [-0.3, -0.25) is 14.5 Å². The van der Waals surface area contributed by atoms with Crippen LogP contribution in [-0.2, 0) is 9.59 Å². The van der Waals surface area contributed by atoms with Crippen molar-refractivity contribution in [2.75, 3.05) is 4.90 Å². The molecule has 1 saturated carbocycles. The minimum absolute atomic E-state index is 0.0282. The van der Waals surface area contributed by atoms with Crippen LogP contribution in [0, 0.1) is 12.8 Å². The molecule has 0 aromatic heterocycles. The first kappa shape index (κ1) is 13.4. The minimum Gasteiger partial charge on any atom is -0.342 e. The fraction of sp³-hybridized carbons (Fsp3) is 0.467. The third kappa shape index (κ3) is 2.18. The van der Waals surface area contributed by atoms with Crippen molar-refractivity contribution in [2.24, 2.45) is 5.92 Å². The van der Waals surface area contributed by atoms with E-state index in [1.165, 1.54) is 0 Å². The molecule has 1 heterocycles. The summed E-state index contributed by atoms with van der Waals surface area (Å²) in [5.74, 6) is 0.167. The lowest BCUT2D eigenvalue weighted by Crippen LogP contribution is -2.63. The second kappa shape index (κ2) is 4.77. The van der Waals surface area contributed by atoms with Crippen molar-refractivity contribution in [1.29, 1.82) is 0 Å². The van der Waals surface area contributed by atoms with Gasteiger partial charge in [0.15, 0.2) is 0 Å². The average Bonchev–Trinajstić information content (AvgIpc) is 3.22. The van der Waals surface area contributed by atoms with Crippen molar-refractivity contribution >= 4 is 29.1 Å². The summed E-state index contributed by atoms with van der Waals surface area (Å²) in [7, 11) is 0. The van der Waals surface area contributed by atoms with E-state index in [0.717, 1.165) is 18.4 Å². The third-order valence-corrected chi connectivity index (χ3v) is 4.50. The summed E-state index contributed by atoms with van der Waals surface area (Å²) in [6.07, 6.45) is 2.02. The van der Waals surface area contributed by atoms with E-state index in [1.54, 1.807) is 17.9 Å². The maximum atomic E-state index is 12.6. The lowest BCUT2D eigenvalue weighted by Gasteiger charge is -2.37. The smallest absolute Gasteiger partial charge is 0.250 e. The van der Waals surface area contributed by atoms with Crippen LogP contribution >= 0.6 is 11.6 Å². The Morgan fingerprint density at radius 3 is 2.60 bits per heavy atom. The molecule has 1 aromatic carbocycles. The molecule has 0 radical (unpaired) electrons. The van der Waals surface area contributed by atoms with Gasteiger partial charge in [-0.25, -0.2) is 0 Å². The van der Waals surface area contributed by atoms with Crippen molar-refractivity contribution in [1.82, 2.24) is 5.32 Å². The van der Waals surface area contributed by atoms with Crippen LogP contribution in [0.15, 0.2) is 18.2 Å². The second-order valence-corrected chi connectivity index (χ2v) is 6.05. The van der Waals surface area contributed by atoms with Crippen molar-refractivity contribution in [2.45, 2.75) is 38.8 Å². The van der Waals surface area contributed by atoms with Gasteiger partial charge in [-0.05, 0) is 50.3 Å². The normalized spacial score (nSPS) is 26.6. The first-order chi connectivity index (χ1) is 9.49. The Hall–Kier alpha value is -1.55. The molecule has 106 valence electrons. The quantitative estimate of drug-likeness (QED) is 0.909. The van der Waals surface area contributed by atoms with Gasteiger partial charge in [-0.2, -0.15) is 0 Å². The van der Waals surface area contributed by atoms with Crippen LogP contribution in [0.25, 0.3) is 0 Å². The Bertz CT molecular complexity index is 583. The molecule has 5 heteroatoms. The summed E-state index contributed by atoms with van der Waals surface area (Å²) in [5, 5.41) is 3.45. The molecule has 0 bridgehead atoms. The summed E-state index contributed by atoms with van der Waals surface area (Å²) in [4.78, 5) is 26.3. The second-order valence-electron chi connectivity index (χ2n) is 5.64. The van der Waals surface area contributed by atoms with Gasteiger partial charge in [0.1, 0.15) is 12.1 Å². The van der Waals surface area contributed by atoms with Gasteiger partial charge in [0.2, 0.25) is 5.91 Å². The van der Waals surface area contributed by atoms with E-state index in [2.05, 4.69) is 5.32 Å². The van der Waals surface area contributed by atoms with Crippen LogP contribution < -0.4 is 10.2 Å². The third-order valence-electron chi connectivity index (χ3n) is 4.09. The molecular weight excluding hydrogens is 276 g/mol. The number of carbonyl (C=O) groups is 2. The van der Waals surface area contributed by atoms with Crippen LogP contribution in [0.2, 0.25) is 5.02 Å². The van der Waals surface area contributed by atoms with E-state index in [0.29, 0.717) is 16.6 Å². The van der Waals surface area contributed by atoms with Gasteiger partial charge in [0.25, 0.3) is 5.91 Å². The zero-order valence-electron chi connectivity index (χ0n) is 11.5. The monoisotopic (exact) mass is 292 g/mol. The molecule has 2 aliphatic rings. The molecular formula is C15H17ClN2O2. The summed E-state index contributed by atoms with van der Waals surface area (Å²) in [6, 6.07) is 4.59. The van der Waals surface area contributed by atoms with Crippen LogP contribution in [-0.4, -0.2) is 23.9 Å². The first-order valence-electron chi connectivity index (χ1n) is 6.88. The standard InChI is InChI=1S/C15H17ClN2O2/c1-8-3-6-11(7-12(8)16)18-9(2)14(19)17-13(15(18)20)10-4-5-10/h3,6-7,9-10,13H,4-5H2,1-2H3,(H,17,19). The number of amides is 2. The summed E-state index contributed by atoms with van der Waals surface area (Å²) in [6.45, 7) is 3.65. The summed E-state index contributed by atoms with van der Waals surface area (Å²) in [5.41, 5.74) is 1.65. The molecule has 2 atom stereocenters. The number of aryl methyl sites for hydroxylation is 1. The highest BCUT2D eigenvalue weighted by Crippen LogP contribution is 2.36. The van der Waals surface area contributed by atoms with Crippen molar-refractivity contribution in [3.8, 4) is 0 Å². The fourth-order valence-corrected chi connectivity index (χ4v) is 2.80. The minimum atomic E-state index is -0.503. The van der Waals surface area contributed by atoms with Gasteiger partial charge in [-0.1, -0.05) is 17.7 Å². The summed E-state index contributed by atoms with van der Waals surface area (Å²) < 4.78 is 0. The molecule has 4 nitrogen and oxygen atoms in total. The molecule has 1 aliphatic heterocycles. The molecule has 0 spiro atoms. The van der Waals surface area contributed by atoms with Gasteiger partial charge < -0.3 is 5.32 Å². The zero-order chi connectivity index (χ0) is 14.4. The number of nitrogens with one attached hydrogen (secondary N) is 1. The van der Waals surface area contributed by atoms with Gasteiger partial charge in [0, 0.05) is 10.7 Å². The van der Waals surface area contributed by atoms with Crippen LogP contribution in [0.4, 0.5) is 5.69 Å². The maximum absolute atomic E-state index is 12.6. The van der Waals surface area contributed by atoms with Crippen molar-refractivity contribution in [3.63, 3.8) is 0 Å². The first-order valence-corrected chi connectivity index (χ1v) is 7.26. The predicted molar refractivity (Wildman–Crippen MR) is 77.8 cm³/mol. The lowest BCUT2D eigenvalue weighted by atomic mass is 10.0. The van der Waals surface area contributed by atoms with E-state index >= 15 is 0 Å². The molecule has 20 heavy (non-hydrogen) atoms. The number of anilines is 1. The Kier molecular flexibility index (Phi) is 3.21. The predicted octanol–water partition coefficient (Wildman–Crippen LogP) is 2.28. The van der Waals surface area contributed by atoms with E-state index in [-0.39, 0.29) is 17.9 Å². The molecule has 2 fully saturated rings. The lowest BCUT2D eigenvalue weighted by molar-refractivity contribution is -0.133. The van der Waals surface area contributed by atoms with Gasteiger partial charge in [0.05, 0.1) is 0 Å². The molecule has 3 rings (SSSR count). The largest absolute Gasteiger partial charge is 0.342 e. The van der Waals surface area contributed by atoms with Crippen molar-refractivity contribution < 1.29 is 9.59 Å². The number of nitrogens with zero attached hydrogens (tertiary/aromatic N) is 1. The zero-order valence-corrected chi connectivity index (χ0v) is 12.3. The van der Waals surface area contributed by atoms with Gasteiger partial charge in [-0.15, -0.1) is 0 Å². The Morgan fingerprint density at radius 1 is 1.30 bits per heavy atom. The van der Waals surface area contributed by atoms with E-state index in [9.17, 15) is 9.59 Å². The molecule has 1 aliphatic carbocycles. The highest BCUT2D eigenvalue weighted by Gasteiger charge is 2.46. The topological polar surface area (TPSA) is 49.4 Å². The number of hydrogen-bond acceptors (Lipinski definition) is 2. The molecule has 1 N–H and O–H groups in total. The summed E-state index contributed by atoms with van der Waals surface area (Å²) >= 11 is 6.14. The van der Waals surface area contributed by atoms with E-state index in [4.69, 9.17) is 11.6 Å². The Balaban J connectivity index is 1.97. The number of carbonyl (C=O) groups excluding carboxylic acids is 2. The Labute approximate surface area is 123 Å². The van der Waals surface area contributed by atoms with Crippen LogP contribution in [0.3, 0.4) is 0 Å². The van der Waals surface area contributed by atoms with Crippen molar-refractivity contribution in [3.05, 3.63) is 28.8 Å². The highest BCUT2D eigenvalue weighted by molar-refractivity contribution is 6.31. The molecule has 2 unspecified atom stereocenters. The number of piperazine rings is 1. The Morgan fingerprint density at radius 2 is 2.00 bits per heavy atom. The highest BCUT2D eigenvalue weighted by atomic mass is 35.5. The molecule has 2 amide bonds. The van der Waals surface area contributed by atoms with E-state index in [1.807, 2.05) is 19.1 Å². The molecule has 1 aromatic rings. The number of benzene rings is 1. The van der Waals surface area contributed by atoms with Gasteiger partial charge >= 0.3 is 0 Å². The SMILES string of the molecule is Cc1ccc(N2C(=O)C(C3CC3)NC(=O)C2C)cc1Cl. The number of rotatable bonds is 2. The average molecular weight is 293 g/mol. The number of halogens is 1. The fourth-order valence-electron chi connectivity index (χ4n) is 2.63. The maximum Gasteiger partial charge on any atom is 0.250 e.